The molecule has 0 spiro atoms. The average Bonchev–Trinajstić information content (AvgIpc) is 3.03. The minimum atomic E-state index is -0.376. The Hall–Kier alpha value is -3.06. The van der Waals surface area contributed by atoms with Gasteiger partial charge in [0.05, 0.1) is 32.1 Å². The number of para-hydroxylation sites is 1. The predicted molar refractivity (Wildman–Crippen MR) is 151 cm³/mol. The Bertz CT molecular complexity index is 1190. The number of ether oxygens (including phenoxy) is 2. The largest absolute Gasteiger partial charge is 0.496 e. The molecule has 0 aliphatic carbocycles. The number of carbonyl (C=O) groups is 3. The van der Waals surface area contributed by atoms with Crippen LogP contribution in [0.25, 0.3) is 0 Å². The van der Waals surface area contributed by atoms with Crippen LogP contribution in [0.15, 0.2) is 42.5 Å². The number of esters is 1. The van der Waals surface area contributed by atoms with Gasteiger partial charge in [0, 0.05) is 36.1 Å². The fourth-order valence-electron chi connectivity index (χ4n) is 5.88. The Morgan fingerprint density at radius 2 is 1.77 bits per heavy atom. The summed E-state index contributed by atoms with van der Waals surface area (Å²) in [5, 5.41) is 0.610. The van der Waals surface area contributed by atoms with Gasteiger partial charge in [-0.3, -0.25) is 14.4 Å². The molecule has 0 N–H and O–H groups in total. The number of amides is 2. The van der Waals surface area contributed by atoms with Crippen molar-refractivity contribution in [1.29, 1.82) is 0 Å². The third kappa shape index (κ3) is 6.57. The Labute approximate surface area is 236 Å². The van der Waals surface area contributed by atoms with Gasteiger partial charge in [-0.15, -0.1) is 0 Å². The number of hydrogen-bond donors (Lipinski definition) is 0. The molecule has 2 unspecified atom stereocenters. The van der Waals surface area contributed by atoms with Crippen LogP contribution in [0, 0.1) is 11.8 Å². The van der Waals surface area contributed by atoms with Crippen LogP contribution in [0.4, 0.5) is 0 Å². The molecule has 7 nitrogen and oxygen atoms in total. The van der Waals surface area contributed by atoms with Crippen molar-refractivity contribution in [2.75, 3.05) is 39.9 Å². The van der Waals surface area contributed by atoms with Gasteiger partial charge >= 0.3 is 5.97 Å². The second-order valence-corrected chi connectivity index (χ2v) is 11.3. The number of carbonyl (C=O) groups excluding carboxylic acids is 3. The zero-order valence-electron chi connectivity index (χ0n) is 23.3. The first-order valence-electron chi connectivity index (χ1n) is 13.9. The molecule has 2 atom stereocenters. The molecule has 39 heavy (non-hydrogen) atoms. The third-order valence-corrected chi connectivity index (χ3v) is 8.06. The van der Waals surface area contributed by atoms with E-state index >= 15 is 0 Å². The second kappa shape index (κ2) is 12.9. The number of fused-ring (bicyclic) bond motifs is 1. The van der Waals surface area contributed by atoms with E-state index in [4.69, 9.17) is 21.1 Å². The van der Waals surface area contributed by atoms with Crippen LogP contribution >= 0.6 is 11.6 Å². The SMILES string of the molecule is CCOC(=O)C1CCN(C(=O)CN2CC(c3ccccc3OC)c3cc(Cl)ccc3C(CC(C)C)C2=O)CC1. The van der Waals surface area contributed by atoms with Crippen molar-refractivity contribution >= 4 is 29.4 Å². The molecule has 2 aromatic rings. The van der Waals surface area contributed by atoms with E-state index in [0.717, 1.165) is 22.4 Å². The highest BCUT2D eigenvalue weighted by molar-refractivity contribution is 6.30. The van der Waals surface area contributed by atoms with Crippen molar-refractivity contribution in [1.82, 2.24) is 9.80 Å². The Kier molecular flexibility index (Phi) is 9.54. The zero-order chi connectivity index (χ0) is 28.1. The summed E-state index contributed by atoms with van der Waals surface area (Å²) in [5.41, 5.74) is 2.91. The normalized spacial score (nSPS) is 20.0. The van der Waals surface area contributed by atoms with Gasteiger partial charge in [-0.25, -0.2) is 0 Å². The lowest BCUT2D eigenvalue weighted by atomic mass is 9.82. The van der Waals surface area contributed by atoms with Crippen LogP contribution in [-0.2, 0) is 19.1 Å². The highest BCUT2D eigenvalue weighted by Crippen LogP contribution is 2.42. The smallest absolute Gasteiger partial charge is 0.309 e. The maximum absolute atomic E-state index is 14.1. The molecule has 2 aliphatic heterocycles. The topological polar surface area (TPSA) is 76.2 Å². The monoisotopic (exact) mass is 554 g/mol. The minimum absolute atomic E-state index is 0.00906. The van der Waals surface area contributed by atoms with Crippen molar-refractivity contribution in [3.8, 4) is 5.75 Å². The van der Waals surface area contributed by atoms with Crippen molar-refractivity contribution in [2.24, 2.45) is 11.8 Å². The number of piperidine rings is 1. The van der Waals surface area contributed by atoms with Gasteiger partial charge in [-0.05, 0) is 61.4 Å². The number of halogens is 1. The Balaban J connectivity index is 1.65. The molecular weight excluding hydrogens is 516 g/mol. The number of nitrogens with zero attached hydrogens (tertiary/aromatic N) is 2. The van der Waals surface area contributed by atoms with Gasteiger partial charge in [0.1, 0.15) is 5.75 Å². The van der Waals surface area contributed by atoms with E-state index in [1.165, 1.54) is 0 Å². The highest BCUT2D eigenvalue weighted by Gasteiger charge is 2.38. The molecule has 2 aliphatic rings. The molecule has 1 saturated heterocycles. The van der Waals surface area contributed by atoms with E-state index in [1.807, 2.05) is 42.5 Å². The standard InChI is InChI=1S/C31H39ClN2O5/c1-5-39-31(37)21-12-14-33(15-13-21)29(35)19-34-18-27(24-8-6-7-9-28(24)38-4)25-17-22(32)10-11-23(25)26(30(34)36)16-20(2)3/h6-11,17,20-21,26-27H,5,12-16,18-19H2,1-4H3. The van der Waals surface area contributed by atoms with Crippen LogP contribution in [0.2, 0.25) is 5.02 Å². The van der Waals surface area contributed by atoms with E-state index in [1.54, 1.807) is 23.8 Å². The fraction of sp³-hybridized carbons (Fsp3) is 0.516. The molecule has 0 radical (unpaired) electrons. The lowest BCUT2D eigenvalue weighted by Crippen LogP contribution is -2.48. The summed E-state index contributed by atoms with van der Waals surface area (Å²) >= 11 is 6.50. The molecular formula is C31H39ClN2O5. The van der Waals surface area contributed by atoms with E-state index < -0.39 is 0 Å². The number of benzene rings is 2. The number of methoxy groups -OCH3 is 1. The molecule has 2 aromatic carbocycles. The summed E-state index contributed by atoms with van der Waals surface area (Å²) < 4.78 is 10.9. The average molecular weight is 555 g/mol. The van der Waals surface area contributed by atoms with E-state index in [0.29, 0.717) is 50.5 Å². The Morgan fingerprint density at radius 1 is 1.05 bits per heavy atom. The molecule has 0 saturated carbocycles. The molecule has 2 heterocycles. The quantitative estimate of drug-likeness (QED) is 0.416. The van der Waals surface area contributed by atoms with Gasteiger partial charge in [0.15, 0.2) is 0 Å². The van der Waals surface area contributed by atoms with Gasteiger partial charge in [-0.1, -0.05) is 49.7 Å². The molecule has 8 heteroatoms. The van der Waals surface area contributed by atoms with E-state index in [2.05, 4.69) is 13.8 Å². The molecule has 1 fully saturated rings. The summed E-state index contributed by atoms with van der Waals surface area (Å²) in [6.45, 7) is 7.65. The van der Waals surface area contributed by atoms with Crippen LogP contribution in [-0.4, -0.2) is 67.5 Å². The lowest BCUT2D eigenvalue weighted by molar-refractivity contribution is -0.151. The molecule has 4 rings (SSSR count). The number of likely N-dealkylation sites (tertiary alicyclic amines) is 1. The van der Waals surface area contributed by atoms with E-state index in [9.17, 15) is 14.4 Å². The van der Waals surface area contributed by atoms with Crippen LogP contribution in [0.5, 0.6) is 5.75 Å². The summed E-state index contributed by atoms with van der Waals surface area (Å²) in [6.07, 6.45) is 1.81. The molecule has 2 amide bonds. The highest BCUT2D eigenvalue weighted by atomic mass is 35.5. The van der Waals surface area contributed by atoms with Crippen LogP contribution in [0.1, 0.15) is 68.6 Å². The Morgan fingerprint density at radius 3 is 2.44 bits per heavy atom. The van der Waals surface area contributed by atoms with Crippen LogP contribution < -0.4 is 4.74 Å². The number of rotatable bonds is 8. The van der Waals surface area contributed by atoms with Crippen molar-refractivity contribution in [3.63, 3.8) is 0 Å². The minimum Gasteiger partial charge on any atom is -0.496 e. The first-order chi connectivity index (χ1) is 18.7. The van der Waals surface area contributed by atoms with Crippen molar-refractivity contribution < 1.29 is 23.9 Å². The maximum Gasteiger partial charge on any atom is 0.309 e. The number of hydrogen-bond acceptors (Lipinski definition) is 5. The van der Waals surface area contributed by atoms with Crippen LogP contribution in [0.3, 0.4) is 0 Å². The fourth-order valence-corrected chi connectivity index (χ4v) is 6.06. The van der Waals surface area contributed by atoms with Crippen molar-refractivity contribution in [3.05, 3.63) is 64.2 Å². The lowest BCUT2D eigenvalue weighted by Gasteiger charge is -2.34. The van der Waals surface area contributed by atoms with Crippen molar-refractivity contribution in [2.45, 2.75) is 51.9 Å². The van der Waals surface area contributed by atoms with Gasteiger partial charge < -0.3 is 19.3 Å². The first kappa shape index (κ1) is 28.9. The summed E-state index contributed by atoms with van der Waals surface area (Å²) in [7, 11) is 1.64. The predicted octanol–water partition coefficient (Wildman–Crippen LogP) is 5.25. The zero-order valence-corrected chi connectivity index (χ0v) is 24.1. The van der Waals surface area contributed by atoms with Gasteiger partial charge in [0.25, 0.3) is 0 Å². The third-order valence-electron chi connectivity index (χ3n) is 7.83. The first-order valence-corrected chi connectivity index (χ1v) is 14.3. The van der Waals surface area contributed by atoms with Gasteiger partial charge in [0.2, 0.25) is 11.8 Å². The molecule has 0 aromatic heterocycles. The second-order valence-electron chi connectivity index (χ2n) is 10.9. The van der Waals surface area contributed by atoms with E-state index in [-0.39, 0.29) is 48.0 Å². The molecule has 0 bridgehead atoms. The summed E-state index contributed by atoms with van der Waals surface area (Å²) in [5.74, 6) is -0.0904. The summed E-state index contributed by atoms with van der Waals surface area (Å²) in [4.78, 5) is 43.3. The summed E-state index contributed by atoms with van der Waals surface area (Å²) in [6, 6.07) is 13.6. The van der Waals surface area contributed by atoms with Gasteiger partial charge in [-0.2, -0.15) is 0 Å². The maximum atomic E-state index is 14.1. The molecule has 210 valence electrons.